The molecule has 9 heteroatoms. The SMILES string of the molecule is CC(C)C(=O)N1CCN(c2ccc(NC(=S)NC(=O)c3cccc(F)c3)cc2Cl)CC1. The Morgan fingerprint density at radius 1 is 1.10 bits per heavy atom. The summed E-state index contributed by atoms with van der Waals surface area (Å²) in [5, 5.41) is 6.05. The number of amides is 2. The van der Waals surface area contributed by atoms with E-state index in [1.54, 1.807) is 6.07 Å². The van der Waals surface area contributed by atoms with Crippen LogP contribution in [0, 0.1) is 11.7 Å². The first-order valence-corrected chi connectivity index (χ1v) is 10.7. The summed E-state index contributed by atoms with van der Waals surface area (Å²) in [5.41, 5.74) is 1.66. The highest BCUT2D eigenvalue weighted by atomic mass is 35.5. The van der Waals surface area contributed by atoms with Crippen molar-refractivity contribution in [2.24, 2.45) is 5.92 Å². The Balaban J connectivity index is 1.58. The molecule has 1 fully saturated rings. The first-order valence-electron chi connectivity index (χ1n) is 9.96. The van der Waals surface area contributed by atoms with Gasteiger partial charge in [-0.3, -0.25) is 14.9 Å². The van der Waals surface area contributed by atoms with Crippen molar-refractivity contribution in [3.05, 3.63) is 58.9 Å². The third-order valence-corrected chi connectivity index (χ3v) is 5.45. The van der Waals surface area contributed by atoms with Crippen molar-refractivity contribution in [3.8, 4) is 0 Å². The Morgan fingerprint density at radius 3 is 2.42 bits per heavy atom. The summed E-state index contributed by atoms with van der Waals surface area (Å²) in [7, 11) is 0. The molecule has 0 radical (unpaired) electrons. The predicted octanol–water partition coefficient (Wildman–Crippen LogP) is 3.91. The molecule has 0 atom stereocenters. The van der Waals surface area contributed by atoms with Gasteiger partial charge < -0.3 is 15.1 Å². The lowest BCUT2D eigenvalue weighted by atomic mass is 10.1. The zero-order chi connectivity index (χ0) is 22.5. The topological polar surface area (TPSA) is 64.7 Å². The summed E-state index contributed by atoms with van der Waals surface area (Å²) in [5.74, 6) is -0.846. The first kappa shape index (κ1) is 23.0. The van der Waals surface area contributed by atoms with E-state index in [4.69, 9.17) is 23.8 Å². The second kappa shape index (κ2) is 10.1. The van der Waals surface area contributed by atoms with Crippen LogP contribution in [0.4, 0.5) is 15.8 Å². The van der Waals surface area contributed by atoms with Gasteiger partial charge in [0, 0.05) is 43.3 Å². The minimum Gasteiger partial charge on any atom is -0.367 e. The zero-order valence-corrected chi connectivity index (χ0v) is 18.9. The maximum atomic E-state index is 13.3. The summed E-state index contributed by atoms with van der Waals surface area (Å²) in [6.45, 7) is 6.53. The van der Waals surface area contributed by atoms with Crippen molar-refractivity contribution in [1.82, 2.24) is 10.2 Å². The van der Waals surface area contributed by atoms with Crippen molar-refractivity contribution in [2.75, 3.05) is 36.4 Å². The van der Waals surface area contributed by atoms with Gasteiger partial charge in [-0.15, -0.1) is 0 Å². The van der Waals surface area contributed by atoms with Gasteiger partial charge in [0.25, 0.3) is 5.91 Å². The second-order valence-electron chi connectivity index (χ2n) is 7.55. The molecule has 2 amide bonds. The maximum absolute atomic E-state index is 13.3. The summed E-state index contributed by atoms with van der Waals surface area (Å²) in [4.78, 5) is 28.3. The zero-order valence-electron chi connectivity index (χ0n) is 17.3. The maximum Gasteiger partial charge on any atom is 0.257 e. The molecule has 0 saturated carbocycles. The monoisotopic (exact) mass is 462 g/mol. The van der Waals surface area contributed by atoms with Crippen LogP contribution in [0.15, 0.2) is 42.5 Å². The standard InChI is InChI=1S/C22H24ClFN4O2S/c1-14(2)21(30)28-10-8-27(9-11-28)19-7-6-17(13-18(19)23)25-22(31)26-20(29)15-4-3-5-16(24)12-15/h3-7,12-14H,8-11H2,1-2H3,(H2,25,26,29,31). The number of thiocarbonyl (C=S) groups is 1. The van der Waals surface area contributed by atoms with E-state index in [0.29, 0.717) is 36.9 Å². The number of carbonyl (C=O) groups excluding carboxylic acids is 2. The molecule has 0 bridgehead atoms. The molecule has 0 aromatic heterocycles. The summed E-state index contributed by atoms with van der Waals surface area (Å²) in [6.07, 6.45) is 0. The third-order valence-electron chi connectivity index (χ3n) is 4.95. The summed E-state index contributed by atoms with van der Waals surface area (Å²) >= 11 is 11.7. The molecule has 31 heavy (non-hydrogen) atoms. The summed E-state index contributed by atoms with van der Waals surface area (Å²) in [6, 6.07) is 10.8. The van der Waals surface area contributed by atoms with Gasteiger partial charge in [-0.2, -0.15) is 0 Å². The van der Waals surface area contributed by atoms with Crippen LogP contribution in [0.5, 0.6) is 0 Å². The van der Waals surface area contributed by atoms with Crippen LogP contribution < -0.4 is 15.5 Å². The number of rotatable bonds is 4. The lowest BCUT2D eigenvalue weighted by Crippen LogP contribution is -2.50. The van der Waals surface area contributed by atoms with Gasteiger partial charge in [0.1, 0.15) is 5.82 Å². The number of hydrogen-bond donors (Lipinski definition) is 2. The smallest absolute Gasteiger partial charge is 0.257 e. The van der Waals surface area contributed by atoms with Crippen LogP contribution in [0.25, 0.3) is 0 Å². The number of nitrogens with zero attached hydrogens (tertiary/aromatic N) is 2. The molecule has 0 aliphatic carbocycles. The van der Waals surface area contributed by atoms with Crippen molar-refractivity contribution < 1.29 is 14.0 Å². The number of anilines is 2. The van der Waals surface area contributed by atoms with Gasteiger partial charge in [-0.1, -0.05) is 31.5 Å². The molecule has 1 aliphatic rings. The molecule has 2 aromatic rings. The van der Waals surface area contributed by atoms with Gasteiger partial charge in [0.2, 0.25) is 5.91 Å². The third kappa shape index (κ3) is 5.92. The Kier molecular flexibility index (Phi) is 7.46. The highest BCUT2D eigenvalue weighted by Gasteiger charge is 2.24. The lowest BCUT2D eigenvalue weighted by molar-refractivity contribution is -0.134. The molecular formula is C22H24ClFN4O2S. The van der Waals surface area contributed by atoms with E-state index >= 15 is 0 Å². The van der Waals surface area contributed by atoms with Crippen LogP contribution in [-0.2, 0) is 4.79 Å². The quantitative estimate of drug-likeness (QED) is 0.674. The molecular weight excluding hydrogens is 439 g/mol. The molecule has 6 nitrogen and oxygen atoms in total. The van der Waals surface area contributed by atoms with E-state index in [2.05, 4.69) is 15.5 Å². The number of carbonyl (C=O) groups is 2. The van der Waals surface area contributed by atoms with Gasteiger partial charge in [0.15, 0.2) is 5.11 Å². The summed E-state index contributed by atoms with van der Waals surface area (Å²) < 4.78 is 13.3. The average Bonchev–Trinajstić information content (AvgIpc) is 2.73. The van der Waals surface area contributed by atoms with E-state index in [9.17, 15) is 14.0 Å². The van der Waals surface area contributed by atoms with Crippen molar-refractivity contribution >= 4 is 52.1 Å². The molecule has 2 aromatic carbocycles. The Bertz CT molecular complexity index is 993. The molecule has 0 unspecified atom stereocenters. The highest BCUT2D eigenvalue weighted by Crippen LogP contribution is 2.30. The van der Waals surface area contributed by atoms with Crippen molar-refractivity contribution in [1.29, 1.82) is 0 Å². The molecule has 1 heterocycles. The molecule has 1 saturated heterocycles. The average molecular weight is 463 g/mol. The number of piperazine rings is 1. The second-order valence-corrected chi connectivity index (χ2v) is 8.37. The molecule has 3 rings (SSSR count). The predicted molar refractivity (Wildman–Crippen MR) is 125 cm³/mol. The van der Waals surface area contributed by atoms with Crippen LogP contribution in [0.1, 0.15) is 24.2 Å². The number of hydrogen-bond acceptors (Lipinski definition) is 4. The van der Waals surface area contributed by atoms with E-state index in [1.165, 1.54) is 18.2 Å². The largest absolute Gasteiger partial charge is 0.367 e. The fraction of sp³-hybridized carbons (Fsp3) is 0.318. The van der Waals surface area contributed by atoms with E-state index in [-0.39, 0.29) is 22.5 Å². The van der Waals surface area contributed by atoms with E-state index in [0.717, 1.165) is 11.8 Å². The van der Waals surface area contributed by atoms with Crippen LogP contribution >= 0.6 is 23.8 Å². The minimum atomic E-state index is -0.506. The van der Waals surface area contributed by atoms with E-state index < -0.39 is 11.7 Å². The van der Waals surface area contributed by atoms with Gasteiger partial charge in [-0.05, 0) is 48.6 Å². The molecule has 2 N–H and O–H groups in total. The number of nitrogens with one attached hydrogen (secondary N) is 2. The van der Waals surface area contributed by atoms with Gasteiger partial charge in [0.05, 0.1) is 10.7 Å². The van der Waals surface area contributed by atoms with Crippen LogP contribution in [0.2, 0.25) is 5.02 Å². The lowest BCUT2D eigenvalue weighted by Gasteiger charge is -2.37. The Morgan fingerprint density at radius 2 is 1.81 bits per heavy atom. The van der Waals surface area contributed by atoms with Crippen molar-refractivity contribution in [3.63, 3.8) is 0 Å². The first-order chi connectivity index (χ1) is 14.7. The molecule has 0 spiro atoms. The fourth-order valence-electron chi connectivity index (χ4n) is 3.34. The van der Waals surface area contributed by atoms with Gasteiger partial charge >= 0.3 is 0 Å². The Labute approximate surface area is 191 Å². The molecule has 164 valence electrons. The minimum absolute atomic E-state index is 0.00857. The Hall–Kier alpha value is -2.71. The van der Waals surface area contributed by atoms with Crippen molar-refractivity contribution in [2.45, 2.75) is 13.8 Å². The van der Waals surface area contributed by atoms with E-state index in [1.807, 2.05) is 30.9 Å². The number of benzene rings is 2. The van der Waals surface area contributed by atoms with Gasteiger partial charge in [-0.25, -0.2) is 4.39 Å². The fourth-order valence-corrected chi connectivity index (χ4v) is 3.85. The molecule has 1 aliphatic heterocycles. The van der Waals surface area contributed by atoms with Crippen LogP contribution in [-0.4, -0.2) is 48.0 Å². The highest BCUT2D eigenvalue weighted by molar-refractivity contribution is 7.80. The normalized spacial score (nSPS) is 13.8. The number of halogens is 2. The van der Waals surface area contributed by atoms with Crippen LogP contribution in [0.3, 0.4) is 0 Å².